The molecular weight excluding hydrogens is 644 g/mol. The van der Waals surface area contributed by atoms with Gasteiger partial charge in [0.1, 0.15) is 17.1 Å². The first-order chi connectivity index (χ1) is 22.4. The Kier molecular flexibility index (Phi) is 10.7. The monoisotopic (exact) mass is 678 g/mol. The first-order valence-corrected chi connectivity index (χ1v) is 14.4. The van der Waals surface area contributed by atoms with Gasteiger partial charge in [-0.3, -0.25) is 29.4 Å². The van der Waals surface area contributed by atoms with Crippen LogP contribution in [-0.4, -0.2) is 68.3 Å². The molecule has 1 atom stereocenters. The van der Waals surface area contributed by atoms with Gasteiger partial charge < -0.3 is 50.8 Å². The molecule has 3 aromatic heterocycles. The highest BCUT2D eigenvalue weighted by Crippen LogP contribution is 2.21. The Bertz CT molecular complexity index is 1900. The predicted octanol–water partition coefficient (Wildman–Crippen LogP) is 2.27. The number of amidine groups is 1. The fourth-order valence-electron chi connectivity index (χ4n) is 4.73. The molecule has 252 valence electrons. The molecule has 1 aliphatic rings. The van der Waals surface area contributed by atoms with Crippen LogP contribution >= 0.6 is 12.4 Å². The molecule has 1 saturated heterocycles. The van der Waals surface area contributed by atoms with E-state index in [0.29, 0.717) is 40.6 Å². The molecule has 4 aromatic rings. The molecule has 1 fully saturated rings. The summed E-state index contributed by atoms with van der Waals surface area (Å²) < 4.78 is 9.64. The van der Waals surface area contributed by atoms with E-state index < -0.39 is 23.8 Å². The molecule has 5 amide bonds. The van der Waals surface area contributed by atoms with Crippen LogP contribution in [0.2, 0.25) is 0 Å². The van der Waals surface area contributed by atoms with Crippen LogP contribution in [0.3, 0.4) is 0 Å². The number of ether oxygens (including phenoxy) is 1. The highest BCUT2D eigenvalue weighted by Gasteiger charge is 2.31. The second kappa shape index (κ2) is 14.7. The van der Waals surface area contributed by atoms with Crippen LogP contribution in [0.25, 0.3) is 0 Å². The number of hydrogen-bond donors (Lipinski definition) is 7. The van der Waals surface area contributed by atoms with Gasteiger partial charge in [0.05, 0.1) is 29.5 Å². The van der Waals surface area contributed by atoms with Gasteiger partial charge in [0.2, 0.25) is 0 Å². The largest absolute Gasteiger partial charge is 0.388 e. The average molecular weight is 679 g/mol. The number of benzene rings is 1. The highest BCUT2D eigenvalue weighted by molar-refractivity contribution is 6.09. The van der Waals surface area contributed by atoms with Crippen LogP contribution in [0.15, 0.2) is 61.1 Å². The summed E-state index contributed by atoms with van der Waals surface area (Å²) in [6.07, 6.45) is 4.52. The van der Waals surface area contributed by atoms with Gasteiger partial charge in [0.25, 0.3) is 29.5 Å². The number of amides is 5. The lowest BCUT2D eigenvalue weighted by Gasteiger charge is -2.06. The molecule has 4 heterocycles. The quantitative estimate of drug-likeness (QED) is 0.0672. The van der Waals surface area contributed by atoms with Crippen LogP contribution < -0.4 is 32.3 Å². The number of nitrogens with two attached hydrogens (primary N) is 1. The fraction of sp³-hybridized carbons (Fsp3) is 0.226. The molecule has 0 saturated carbocycles. The maximum absolute atomic E-state index is 13.1. The maximum atomic E-state index is 13.1. The Labute approximate surface area is 280 Å². The van der Waals surface area contributed by atoms with Crippen LogP contribution in [0.4, 0.5) is 22.7 Å². The third kappa shape index (κ3) is 8.48. The van der Waals surface area contributed by atoms with E-state index in [1.807, 2.05) is 0 Å². The molecule has 0 radical (unpaired) electrons. The number of rotatable bonds is 12. The van der Waals surface area contributed by atoms with Crippen molar-refractivity contribution in [2.24, 2.45) is 26.9 Å². The zero-order valence-electron chi connectivity index (χ0n) is 26.2. The summed E-state index contributed by atoms with van der Waals surface area (Å²) in [7, 11) is 4.97. The molecule has 16 nitrogen and oxygen atoms in total. The van der Waals surface area contributed by atoms with Crippen LogP contribution in [0.1, 0.15) is 48.2 Å². The molecule has 1 unspecified atom stereocenters. The molecule has 0 spiro atoms. The van der Waals surface area contributed by atoms with Crippen molar-refractivity contribution >= 4 is 70.5 Å². The van der Waals surface area contributed by atoms with E-state index in [9.17, 15) is 24.0 Å². The maximum Gasteiger partial charge on any atom is 0.272 e. The summed E-state index contributed by atoms with van der Waals surface area (Å²) >= 11 is 0. The lowest BCUT2D eigenvalue weighted by Crippen LogP contribution is -2.28. The standard InChI is InChI=1S/C31H34N10O6.ClH/c1-39-14-20(10-22(39)28(43)34-8-7-26(32)33)37-30(45)24-12-21(15-41(24)3)38-29(44)23-11-19(13-40(23)2)36-27(42)17-5-4-6-18(9-17)35-31(46)25-16-47-25;/h4-6,9-15,25H,7-8,16H2,1-3H3,(H3,32,33)(H,34,43)(H,35,46)(H,36,42)(H,37,45)(H,38,44);1H. The summed E-state index contributed by atoms with van der Waals surface area (Å²) in [5.74, 6) is -2.05. The zero-order valence-corrected chi connectivity index (χ0v) is 27.1. The van der Waals surface area contributed by atoms with E-state index in [1.54, 1.807) is 77.7 Å². The van der Waals surface area contributed by atoms with Crippen molar-refractivity contribution in [1.29, 1.82) is 5.41 Å². The minimum absolute atomic E-state index is 0. The summed E-state index contributed by atoms with van der Waals surface area (Å²) in [6, 6.07) is 11.0. The van der Waals surface area contributed by atoms with Crippen molar-refractivity contribution < 1.29 is 28.7 Å². The minimum atomic E-state index is -0.471. The Hall–Kier alpha value is -5.87. The van der Waals surface area contributed by atoms with Gasteiger partial charge in [0.15, 0.2) is 6.10 Å². The van der Waals surface area contributed by atoms with Crippen molar-refractivity contribution in [3.05, 3.63) is 83.7 Å². The molecule has 1 aliphatic heterocycles. The van der Waals surface area contributed by atoms with Crippen molar-refractivity contribution in [3.8, 4) is 0 Å². The second-order valence-corrected chi connectivity index (χ2v) is 11.0. The number of halogens is 1. The van der Waals surface area contributed by atoms with E-state index in [1.165, 1.54) is 18.2 Å². The number of carbonyl (C=O) groups is 5. The Morgan fingerprint density at radius 1 is 0.750 bits per heavy atom. The van der Waals surface area contributed by atoms with E-state index in [2.05, 4.69) is 26.6 Å². The number of carbonyl (C=O) groups excluding carboxylic acids is 5. The van der Waals surface area contributed by atoms with Crippen molar-refractivity contribution in [2.45, 2.75) is 12.5 Å². The molecule has 0 aliphatic carbocycles. The first kappa shape index (κ1) is 35.0. The lowest BCUT2D eigenvalue weighted by molar-refractivity contribution is -0.117. The van der Waals surface area contributed by atoms with E-state index >= 15 is 0 Å². The normalized spacial score (nSPS) is 13.1. The van der Waals surface area contributed by atoms with Crippen LogP contribution in [0.5, 0.6) is 0 Å². The van der Waals surface area contributed by atoms with Crippen molar-refractivity contribution in [3.63, 3.8) is 0 Å². The zero-order chi connectivity index (χ0) is 33.8. The first-order valence-electron chi connectivity index (χ1n) is 14.4. The molecule has 17 heteroatoms. The Morgan fingerprint density at radius 2 is 1.23 bits per heavy atom. The number of nitrogens with one attached hydrogen (secondary N) is 6. The number of aryl methyl sites for hydroxylation is 3. The molecular formula is C31H35ClN10O6. The number of hydrogen-bond acceptors (Lipinski definition) is 7. The van der Waals surface area contributed by atoms with Gasteiger partial charge in [-0.1, -0.05) is 6.07 Å². The SMILES string of the molecule is Cl.Cn1cc(NC(=O)c2cc(NC(=O)c3cc(NC(=O)c4cccc(NC(=O)C5CO5)c4)cn3C)cn2C)cc1C(=O)NCCC(=N)N. The summed E-state index contributed by atoms with van der Waals surface area (Å²) in [4.78, 5) is 63.5. The topological polar surface area (TPSA) is 223 Å². The summed E-state index contributed by atoms with van der Waals surface area (Å²) in [6.45, 7) is 0.588. The van der Waals surface area contributed by atoms with Crippen molar-refractivity contribution in [2.75, 3.05) is 34.4 Å². The van der Waals surface area contributed by atoms with Crippen LogP contribution in [-0.2, 0) is 30.7 Å². The summed E-state index contributed by atoms with van der Waals surface area (Å²) in [5, 5.41) is 20.9. The third-order valence-electron chi connectivity index (χ3n) is 7.18. The molecule has 48 heavy (non-hydrogen) atoms. The van der Waals surface area contributed by atoms with Gasteiger partial charge >= 0.3 is 0 Å². The van der Waals surface area contributed by atoms with E-state index in [-0.39, 0.29) is 54.4 Å². The molecule has 8 N–H and O–H groups in total. The number of epoxide rings is 1. The summed E-state index contributed by atoms with van der Waals surface area (Å²) in [5.41, 5.74) is 8.04. The number of aromatic nitrogens is 3. The van der Waals surface area contributed by atoms with Gasteiger partial charge in [-0.05, 0) is 36.4 Å². The predicted molar refractivity (Wildman–Crippen MR) is 181 cm³/mol. The van der Waals surface area contributed by atoms with E-state index in [0.717, 1.165) is 0 Å². The smallest absolute Gasteiger partial charge is 0.272 e. The molecule has 5 rings (SSSR count). The van der Waals surface area contributed by atoms with Gasteiger partial charge in [0, 0.05) is 63.9 Å². The average Bonchev–Trinajstić information content (AvgIpc) is 3.58. The van der Waals surface area contributed by atoms with Crippen LogP contribution in [0, 0.1) is 5.41 Å². The van der Waals surface area contributed by atoms with Gasteiger partial charge in [-0.25, -0.2) is 0 Å². The molecule has 0 bridgehead atoms. The number of nitrogens with zero attached hydrogens (tertiary/aromatic N) is 3. The third-order valence-corrected chi connectivity index (χ3v) is 7.18. The highest BCUT2D eigenvalue weighted by atomic mass is 35.5. The second-order valence-electron chi connectivity index (χ2n) is 11.0. The van der Waals surface area contributed by atoms with Gasteiger partial charge in [-0.15, -0.1) is 12.4 Å². The van der Waals surface area contributed by atoms with E-state index in [4.69, 9.17) is 15.9 Å². The fourth-order valence-corrected chi connectivity index (χ4v) is 4.73. The number of anilines is 4. The Morgan fingerprint density at radius 3 is 1.71 bits per heavy atom. The minimum Gasteiger partial charge on any atom is -0.388 e. The Balaban J connectivity index is 0.00000520. The van der Waals surface area contributed by atoms with Gasteiger partial charge in [-0.2, -0.15) is 0 Å². The molecule has 1 aromatic carbocycles. The lowest BCUT2D eigenvalue weighted by atomic mass is 10.2. The van der Waals surface area contributed by atoms with Crippen molar-refractivity contribution in [1.82, 2.24) is 19.0 Å².